The summed E-state index contributed by atoms with van der Waals surface area (Å²) >= 11 is 3.20. The number of allylic oxidation sites excluding steroid dienone is 1. The largest absolute Gasteiger partial charge is 0.462 e. The summed E-state index contributed by atoms with van der Waals surface area (Å²) in [5, 5.41) is 0. The molecule has 96 valence electrons. The zero-order valence-corrected chi connectivity index (χ0v) is 11.8. The van der Waals surface area contributed by atoms with Gasteiger partial charge in [0.1, 0.15) is 11.4 Å². The first-order valence-corrected chi connectivity index (χ1v) is 6.48. The van der Waals surface area contributed by atoms with Crippen LogP contribution in [0.15, 0.2) is 12.2 Å². The Morgan fingerprint density at radius 3 is 2.82 bits per heavy atom. The Morgan fingerprint density at radius 2 is 2.35 bits per heavy atom. The Hall–Kier alpha value is -0.840. The third-order valence-corrected chi connectivity index (χ3v) is 3.19. The van der Waals surface area contributed by atoms with E-state index in [9.17, 15) is 9.59 Å². The smallest absolute Gasteiger partial charge is 0.348 e. The van der Waals surface area contributed by atoms with Gasteiger partial charge in [-0.3, -0.25) is 4.79 Å². The van der Waals surface area contributed by atoms with Crippen molar-refractivity contribution in [1.29, 1.82) is 0 Å². The first kappa shape index (κ1) is 14.2. The molecule has 0 N–H and O–H groups in total. The molecule has 0 aromatic carbocycles. The molecule has 0 aromatic heterocycles. The van der Waals surface area contributed by atoms with Crippen molar-refractivity contribution < 1.29 is 19.1 Å². The molecule has 0 spiro atoms. The van der Waals surface area contributed by atoms with Gasteiger partial charge in [-0.15, -0.1) is 0 Å². The van der Waals surface area contributed by atoms with Gasteiger partial charge in [-0.25, -0.2) is 4.79 Å². The molecule has 1 unspecified atom stereocenters. The van der Waals surface area contributed by atoms with Crippen molar-refractivity contribution in [2.45, 2.75) is 38.1 Å². The number of rotatable bonds is 4. The first-order chi connectivity index (χ1) is 7.88. The van der Waals surface area contributed by atoms with Crippen molar-refractivity contribution in [2.24, 2.45) is 5.41 Å². The van der Waals surface area contributed by atoms with E-state index in [-0.39, 0.29) is 6.61 Å². The van der Waals surface area contributed by atoms with Crippen LogP contribution in [0.4, 0.5) is 0 Å². The van der Waals surface area contributed by atoms with E-state index in [1.54, 1.807) is 6.08 Å². The van der Waals surface area contributed by atoms with E-state index in [0.717, 1.165) is 6.42 Å². The van der Waals surface area contributed by atoms with Gasteiger partial charge in [0.05, 0.1) is 0 Å². The van der Waals surface area contributed by atoms with E-state index >= 15 is 0 Å². The number of ether oxygens (including phenoxy) is 2. The molecule has 0 amide bonds. The number of esters is 2. The zero-order chi connectivity index (χ0) is 13.1. The number of cyclic esters (lactones) is 1. The van der Waals surface area contributed by atoms with Crippen LogP contribution in [0.3, 0.4) is 0 Å². The van der Waals surface area contributed by atoms with Crippen LogP contribution in [-0.2, 0) is 19.1 Å². The molecular weight excluding hydrogens is 288 g/mol. The van der Waals surface area contributed by atoms with Gasteiger partial charge in [-0.05, 0) is 6.42 Å². The van der Waals surface area contributed by atoms with E-state index in [2.05, 4.69) is 15.9 Å². The molecule has 0 aromatic rings. The van der Waals surface area contributed by atoms with Gasteiger partial charge >= 0.3 is 11.9 Å². The number of hydrogen-bond donors (Lipinski definition) is 0. The van der Waals surface area contributed by atoms with Gasteiger partial charge in [0.2, 0.25) is 6.10 Å². The van der Waals surface area contributed by atoms with Crippen LogP contribution in [0, 0.1) is 5.41 Å². The van der Waals surface area contributed by atoms with E-state index in [0.29, 0.717) is 0 Å². The van der Waals surface area contributed by atoms with E-state index in [1.807, 2.05) is 26.8 Å². The van der Waals surface area contributed by atoms with Crippen molar-refractivity contribution >= 4 is 27.9 Å². The molecule has 2 atom stereocenters. The highest BCUT2D eigenvalue weighted by atomic mass is 79.9. The van der Waals surface area contributed by atoms with E-state index in [4.69, 9.17) is 9.47 Å². The highest BCUT2D eigenvalue weighted by Gasteiger charge is 2.46. The fraction of sp³-hybridized carbons (Fsp3) is 0.667. The monoisotopic (exact) mass is 304 g/mol. The van der Waals surface area contributed by atoms with Crippen molar-refractivity contribution in [2.75, 3.05) is 6.61 Å². The van der Waals surface area contributed by atoms with Crippen LogP contribution >= 0.6 is 15.9 Å². The average molecular weight is 305 g/mol. The number of alkyl halides is 1. The highest BCUT2D eigenvalue weighted by Crippen LogP contribution is 2.31. The summed E-state index contributed by atoms with van der Waals surface area (Å²) in [6.45, 7) is 5.92. The molecule has 17 heavy (non-hydrogen) atoms. The third kappa shape index (κ3) is 3.56. The van der Waals surface area contributed by atoms with Crippen LogP contribution in [0.2, 0.25) is 0 Å². The molecule has 1 rings (SSSR count). The van der Waals surface area contributed by atoms with Gasteiger partial charge in [0.25, 0.3) is 0 Å². The van der Waals surface area contributed by atoms with Crippen LogP contribution in [-0.4, -0.2) is 29.5 Å². The zero-order valence-electron chi connectivity index (χ0n) is 10.2. The summed E-state index contributed by atoms with van der Waals surface area (Å²) < 4.78 is 10.1. The molecule has 1 aliphatic heterocycles. The lowest BCUT2D eigenvalue weighted by atomic mass is 9.90. The van der Waals surface area contributed by atoms with E-state index in [1.165, 1.54) is 0 Å². The van der Waals surface area contributed by atoms with Crippen molar-refractivity contribution in [3.63, 3.8) is 0 Å². The minimum atomic E-state index is -0.815. The van der Waals surface area contributed by atoms with Crippen molar-refractivity contribution in [3.8, 4) is 0 Å². The highest BCUT2D eigenvalue weighted by molar-refractivity contribution is 9.10. The van der Waals surface area contributed by atoms with Gasteiger partial charge < -0.3 is 9.47 Å². The summed E-state index contributed by atoms with van der Waals surface area (Å²) in [7, 11) is 0. The second-order valence-electron chi connectivity index (χ2n) is 4.65. The summed E-state index contributed by atoms with van der Waals surface area (Å²) in [5.41, 5.74) is -0.464. The summed E-state index contributed by atoms with van der Waals surface area (Å²) in [5.74, 6) is -0.936. The molecule has 0 aliphatic carbocycles. The molecule has 4 nitrogen and oxygen atoms in total. The molecule has 0 radical (unpaired) electrons. The Morgan fingerprint density at radius 1 is 1.71 bits per heavy atom. The first-order valence-electron chi connectivity index (χ1n) is 5.56. The molecular formula is C12H17BrO4. The second-order valence-corrected chi connectivity index (χ2v) is 5.64. The normalized spacial score (nSPS) is 24.7. The van der Waals surface area contributed by atoms with Crippen LogP contribution < -0.4 is 0 Å². The number of halogens is 1. The van der Waals surface area contributed by atoms with Gasteiger partial charge in [-0.1, -0.05) is 48.9 Å². The molecule has 1 heterocycles. The number of hydrogen-bond acceptors (Lipinski definition) is 4. The Bertz CT molecular complexity index is 335. The summed E-state index contributed by atoms with van der Waals surface area (Å²) in [4.78, 5) is 22.6. The lowest BCUT2D eigenvalue weighted by Crippen LogP contribution is -2.36. The molecule has 0 saturated carbocycles. The molecule has 0 bridgehead atoms. The molecule has 1 fully saturated rings. The lowest BCUT2D eigenvalue weighted by Gasteiger charge is -2.22. The molecule has 1 aliphatic rings. The SMILES string of the molecule is CC/C=C\C(Br)C(=O)O[C@H]1C(=O)OCC1(C)C. The molecule has 1 saturated heterocycles. The second kappa shape index (κ2) is 5.67. The fourth-order valence-electron chi connectivity index (χ4n) is 1.45. The molecule has 5 heteroatoms. The number of carbonyl (C=O) groups excluding carboxylic acids is 2. The Balaban J connectivity index is 2.62. The maximum Gasteiger partial charge on any atom is 0.348 e. The topological polar surface area (TPSA) is 52.6 Å². The minimum Gasteiger partial charge on any atom is -0.462 e. The maximum absolute atomic E-state index is 11.7. The van der Waals surface area contributed by atoms with Gasteiger partial charge in [0, 0.05) is 5.41 Å². The quantitative estimate of drug-likeness (QED) is 0.454. The van der Waals surface area contributed by atoms with Gasteiger partial charge in [0.15, 0.2) is 0 Å². The van der Waals surface area contributed by atoms with Crippen LogP contribution in [0.1, 0.15) is 27.2 Å². The minimum absolute atomic E-state index is 0.279. The van der Waals surface area contributed by atoms with Crippen LogP contribution in [0.5, 0.6) is 0 Å². The van der Waals surface area contributed by atoms with E-state index < -0.39 is 28.3 Å². The van der Waals surface area contributed by atoms with Gasteiger partial charge in [-0.2, -0.15) is 0 Å². The Kier molecular flexibility index (Phi) is 4.74. The lowest BCUT2D eigenvalue weighted by molar-refractivity contribution is -0.161. The standard InChI is InChI=1S/C12H17BrO4/c1-4-5-6-8(13)10(14)17-9-11(15)16-7-12(9,2)3/h5-6,8-9H,4,7H2,1-3H3/b6-5-/t8?,9-/m0/s1. The predicted octanol–water partition coefficient (Wildman–Crippen LogP) is 2.21. The average Bonchev–Trinajstić information content (AvgIpc) is 2.52. The van der Waals surface area contributed by atoms with Crippen molar-refractivity contribution in [3.05, 3.63) is 12.2 Å². The van der Waals surface area contributed by atoms with Crippen LogP contribution in [0.25, 0.3) is 0 Å². The third-order valence-electron chi connectivity index (χ3n) is 2.51. The summed E-state index contributed by atoms with van der Waals surface area (Å²) in [6, 6.07) is 0. The summed E-state index contributed by atoms with van der Waals surface area (Å²) in [6.07, 6.45) is 3.59. The van der Waals surface area contributed by atoms with Crippen molar-refractivity contribution in [1.82, 2.24) is 0 Å². The predicted molar refractivity (Wildman–Crippen MR) is 66.8 cm³/mol. The number of carbonyl (C=O) groups is 2. The maximum atomic E-state index is 11.7. The Labute approximate surface area is 109 Å². The fourth-order valence-corrected chi connectivity index (χ4v) is 1.77.